The first-order chi connectivity index (χ1) is 9.64. The van der Waals surface area contributed by atoms with Gasteiger partial charge >= 0.3 is 0 Å². The summed E-state index contributed by atoms with van der Waals surface area (Å²) in [5.74, 6) is 0.530. The summed E-state index contributed by atoms with van der Waals surface area (Å²) in [5, 5.41) is 9.58. The molecule has 0 radical (unpaired) electrons. The molecule has 1 aromatic heterocycles. The summed E-state index contributed by atoms with van der Waals surface area (Å²) in [4.78, 5) is 0.245. The zero-order valence-corrected chi connectivity index (χ0v) is 12.5. The maximum atomic E-state index is 12.3. The molecule has 7 nitrogen and oxygen atoms in total. The van der Waals surface area contributed by atoms with Gasteiger partial charge in [-0.05, 0) is 25.3 Å². The largest absolute Gasteiger partial charge is 0.383 e. The third-order valence-corrected chi connectivity index (χ3v) is 5.46. The van der Waals surface area contributed by atoms with E-state index in [2.05, 4.69) is 15.5 Å². The summed E-state index contributed by atoms with van der Waals surface area (Å²) in [5.41, 5.74) is 0. The number of methoxy groups -OCH3 is 1. The number of aromatic amines is 1. The number of nitrogens with one attached hydrogen (secondary N) is 2. The Balaban J connectivity index is 1.79. The lowest BCUT2D eigenvalue weighted by Gasteiger charge is -2.30. The van der Waals surface area contributed by atoms with Crippen LogP contribution in [-0.4, -0.2) is 62.8 Å². The van der Waals surface area contributed by atoms with Crippen LogP contribution in [0.15, 0.2) is 17.3 Å². The maximum Gasteiger partial charge on any atom is 0.246 e. The van der Waals surface area contributed by atoms with E-state index in [1.54, 1.807) is 11.4 Å². The van der Waals surface area contributed by atoms with E-state index in [9.17, 15) is 8.42 Å². The molecular weight excluding hydrogens is 280 g/mol. The molecule has 0 saturated carbocycles. The van der Waals surface area contributed by atoms with Crippen LogP contribution in [0, 0.1) is 5.92 Å². The van der Waals surface area contributed by atoms with Gasteiger partial charge in [0.2, 0.25) is 10.0 Å². The predicted octanol–water partition coefficient (Wildman–Crippen LogP) is 0.0464. The summed E-state index contributed by atoms with van der Waals surface area (Å²) in [6.45, 7) is 3.61. The van der Waals surface area contributed by atoms with Gasteiger partial charge in [-0.2, -0.15) is 9.40 Å². The summed E-state index contributed by atoms with van der Waals surface area (Å²) in [7, 11) is -1.69. The minimum atomic E-state index is -3.37. The van der Waals surface area contributed by atoms with Crippen molar-refractivity contribution in [2.75, 3.05) is 39.9 Å². The van der Waals surface area contributed by atoms with E-state index < -0.39 is 10.0 Å². The van der Waals surface area contributed by atoms with E-state index in [1.807, 2.05) is 0 Å². The number of hydrogen-bond donors (Lipinski definition) is 2. The van der Waals surface area contributed by atoms with Crippen LogP contribution in [0.25, 0.3) is 0 Å². The molecule has 2 rings (SSSR count). The number of aromatic nitrogens is 2. The smallest absolute Gasteiger partial charge is 0.246 e. The second-order valence-corrected chi connectivity index (χ2v) is 6.92. The Hall–Kier alpha value is -0.960. The molecule has 1 aromatic rings. The van der Waals surface area contributed by atoms with Crippen molar-refractivity contribution in [3.05, 3.63) is 12.4 Å². The molecule has 0 spiro atoms. The number of rotatable bonds is 7. The molecule has 1 fully saturated rings. The normalized spacial score (nSPS) is 18.4. The lowest BCUT2D eigenvalue weighted by molar-refractivity contribution is 0.194. The van der Waals surface area contributed by atoms with Gasteiger partial charge in [0, 0.05) is 32.9 Å². The van der Waals surface area contributed by atoms with E-state index >= 15 is 0 Å². The predicted molar refractivity (Wildman–Crippen MR) is 74.8 cm³/mol. The number of sulfonamides is 1. The summed E-state index contributed by atoms with van der Waals surface area (Å²) < 4.78 is 31.1. The molecule has 0 atom stereocenters. The van der Waals surface area contributed by atoms with Crippen LogP contribution in [0.5, 0.6) is 0 Å². The molecule has 0 amide bonds. The second-order valence-electron chi connectivity index (χ2n) is 4.98. The zero-order valence-electron chi connectivity index (χ0n) is 11.7. The lowest BCUT2D eigenvalue weighted by Crippen LogP contribution is -2.40. The minimum Gasteiger partial charge on any atom is -0.383 e. The van der Waals surface area contributed by atoms with Crippen LogP contribution in [0.4, 0.5) is 0 Å². The number of nitrogens with zero attached hydrogens (tertiary/aromatic N) is 2. The van der Waals surface area contributed by atoms with Gasteiger partial charge in [0.1, 0.15) is 4.90 Å². The van der Waals surface area contributed by atoms with Gasteiger partial charge in [-0.3, -0.25) is 5.10 Å². The molecule has 0 unspecified atom stereocenters. The van der Waals surface area contributed by atoms with Crippen molar-refractivity contribution in [2.24, 2.45) is 5.92 Å². The summed E-state index contributed by atoms with van der Waals surface area (Å²) in [6, 6.07) is 0. The molecule has 1 aliphatic heterocycles. The maximum absolute atomic E-state index is 12.3. The van der Waals surface area contributed by atoms with E-state index in [1.165, 1.54) is 12.4 Å². The van der Waals surface area contributed by atoms with E-state index in [-0.39, 0.29) is 4.90 Å². The molecule has 20 heavy (non-hydrogen) atoms. The highest BCUT2D eigenvalue weighted by atomic mass is 32.2. The highest BCUT2D eigenvalue weighted by molar-refractivity contribution is 7.89. The fraction of sp³-hybridized carbons (Fsp3) is 0.750. The van der Waals surface area contributed by atoms with Crippen molar-refractivity contribution in [3.8, 4) is 0 Å². The SMILES string of the molecule is COCCNCC1CCN(S(=O)(=O)c2cn[nH]c2)CC1. The topological polar surface area (TPSA) is 87.3 Å². The van der Waals surface area contributed by atoms with Gasteiger partial charge < -0.3 is 10.1 Å². The van der Waals surface area contributed by atoms with Gasteiger partial charge in [-0.1, -0.05) is 0 Å². The molecule has 1 aliphatic rings. The van der Waals surface area contributed by atoms with Crippen molar-refractivity contribution in [1.29, 1.82) is 0 Å². The summed E-state index contributed by atoms with van der Waals surface area (Å²) >= 11 is 0. The Labute approximate surface area is 119 Å². The first kappa shape index (κ1) is 15.4. The monoisotopic (exact) mass is 302 g/mol. The van der Waals surface area contributed by atoms with Gasteiger partial charge in [0.15, 0.2) is 0 Å². The molecule has 0 bridgehead atoms. The average Bonchev–Trinajstić information content (AvgIpc) is 2.99. The van der Waals surface area contributed by atoms with Crippen LogP contribution >= 0.6 is 0 Å². The van der Waals surface area contributed by atoms with Gasteiger partial charge in [0.25, 0.3) is 0 Å². The van der Waals surface area contributed by atoms with Gasteiger partial charge in [-0.15, -0.1) is 0 Å². The zero-order chi connectivity index (χ0) is 14.4. The van der Waals surface area contributed by atoms with Gasteiger partial charge in [-0.25, -0.2) is 8.42 Å². The highest BCUT2D eigenvalue weighted by Gasteiger charge is 2.29. The van der Waals surface area contributed by atoms with Crippen LogP contribution in [0.3, 0.4) is 0 Å². The quantitative estimate of drug-likeness (QED) is 0.695. The Morgan fingerprint density at radius 1 is 1.50 bits per heavy atom. The highest BCUT2D eigenvalue weighted by Crippen LogP contribution is 2.22. The Morgan fingerprint density at radius 3 is 2.85 bits per heavy atom. The third kappa shape index (κ3) is 3.78. The number of hydrogen-bond acceptors (Lipinski definition) is 5. The van der Waals surface area contributed by atoms with Gasteiger partial charge in [0.05, 0.1) is 12.8 Å². The average molecular weight is 302 g/mol. The molecule has 8 heteroatoms. The lowest BCUT2D eigenvalue weighted by atomic mass is 9.98. The molecule has 2 N–H and O–H groups in total. The van der Waals surface area contributed by atoms with Crippen molar-refractivity contribution in [2.45, 2.75) is 17.7 Å². The van der Waals surface area contributed by atoms with E-state index in [0.717, 1.165) is 25.9 Å². The fourth-order valence-corrected chi connectivity index (χ4v) is 3.74. The van der Waals surface area contributed by atoms with Crippen molar-refractivity contribution in [1.82, 2.24) is 19.8 Å². The molecule has 0 aromatic carbocycles. The Morgan fingerprint density at radius 2 is 2.25 bits per heavy atom. The third-order valence-electron chi connectivity index (χ3n) is 3.60. The molecule has 0 aliphatic carbocycles. The Kier molecular flexibility index (Phi) is 5.53. The fourth-order valence-electron chi connectivity index (χ4n) is 2.36. The molecular formula is C12H22N4O3S. The first-order valence-corrected chi connectivity index (χ1v) is 8.27. The standard InChI is InChI=1S/C12H22N4O3S/c1-19-7-4-13-8-11-2-5-16(6-3-11)20(17,18)12-9-14-15-10-12/h9-11,13H,2-8H2,1H3,(H,14,15). The van der Waals surface area contributed by atoms with Crippen LogP contribution in [0.1, 0.15) is 12.8 Å². The van der Waals surface area contributed by atoms with Crippen molar-refractivity contribution >= 4 is 10.0 Å². The van der Waals surface area contributed by atoms with Crippen LogP contribution < -0.4 is 5.32 Å². The first-order valence-electron chi connectivity index (χ1n) is 6.83. The number of ether oxygens (including phenoxy) is 1. The molecule has 2 heterocycles. The van der Waals surface area contributed by atoms with Crippen LogP contribution in [0.2, 0.25) is 0 Å². The molecule has 114 valence electrons. The number of piperidine rings is 1. The second kappa shape index (κ2) is 7.16. The van der Waals surface area contributed by atoms with Crippen molar-refractivity contribution < 1.29 is 13.2 Å². The summed E-state index contributed by atoms with van der Waals surface area (Å²) in [6.07, 6.45) is 4.55. The Bertz CT molecular complexity index is 481. The number of H-pyrrole nitrogens is 1. The van der Waals surface area contributed by atoms with Crippen LogP contribution in [-0.2, 0) is 14.8 Å². The van der Waals surface area contributed by atoms with Crippen molar-refractivity contribution in [3.63, 3.8) is 0 Å². The molecule has 1 saturated heterocycles. The van der Waals surface area contributed by atoms with E-state index in [0.29, 0.717) is 25.6 Å². The van der Waals surface area contributed by atoms with E-state index in [4.69, 9.17) is 4.74 Å². The minimum absolute atomic E-state index is 0.245.